The van der Waals surface area contributed by atoms with Crippen molar-refractivity contribution < 1.29 is 9.47 Å². The van der Waals surface area contributed by atoms with Gasteiger partial charge in [-0.3, -0.25) is 0 Å². The van der Waals surface area contributed by atoms with Gasteiger partial charge in [0.05, 0.1) is 10.6 Å². The van der Waals surface area contributed by atoms with Gasteiger partial charge < -0.3 is 14.8 Å². The van der Waals surface area contributed by atoms with Crippen LogP contribution in [0, 0.1) is 0 Å². The predicted octanol–water partition coefficient (Wildman–Crippen LogP) is 3.23. The van der Waals surface area contributed by atoms with Gasteiger partial charge in [-0.15, -0.1) is 0 Å². The number of para-hydroxylation sites is 1. The van der Waals surface area contributed by atoms with Gasteiger partial charge in [0.2, 0.25) is 0 Å². The Kier molecular flexibility index (Phi) is 8.05. The van der Waals surface area contributed by atoms with Crippen LogP contribution in [0.2, 0.25) is 0 Å². The second-order valence-electron chi connectivity index (χ2n) is 4.30. The molecule has 1 aromatic rings. The maximum Gasteiger partial charge on any atom is 0.133 e. The van der Waals surface area contributed by atoms with Gasteiger partial charge in [-0.1, -0.05) is 12.1 Å². The summed E-state index contributed by atoms with van der Waals surface area (Å²) < 4.78 is 12.1. The van der Waals surface area contributed by atoms with Crippen LogP contribution in [0.5, 0.6) is 5.75 Å². The van der Waals surface area contributed by atoms with E-state index in [4.69, 9.17) is 9.47 Å². The normalized spacial score (nSPS) is 10.9. The smallest absolute Gasteiger partial charge is 0.133 e. The van der Waals surface area contributed by atoms with Gasteiger partial charge in [0.25, 0.3) is 0 Å². The number of rotatable bonds is 9. The summed E-state index contributed by atoms with van der Waals surface area (Å²) in [6.07, 6.45) is 1.36. The minimum Gasteiger partial charge on any atom is -0.491 e. The van der Waals surface area contributed by atoms with E-state index in [9.17, 15) is 0 Å². The van der Waals surface area contributed by atoms with E-state index in [1.807, 2.05) is 24.3 Å². The number of benzene rings is 1. The molecule has 0 aromatic heterocycles. The van der Waals surface area contributed by atoms with E-state index in [1.54, 1.807) is 0 Å². The van der Waals surface area contributed by atoms with Crippen molar-refractivity contribution in [2.75, 3.05) is 26.3 Å². The third-order valence-electron chi connectivity index (χ3n) is 2.32. The van der Waals surface area contributed by atoms with Crippen LogP contribution in [0.3, 0.4) is 0 Å². The van der Waals surface area contributed by atoms with E-state index in [2.05, 4.69) is 35.1 Å². The van der Waals surface area contributed by atoms with E-state index < -0.39 is 0 Å². The number of ether oxygens (including phenoxy) is 2. The van der Waals surface area contributed by atoms with Crippen LogP contribution in [0.15, 0.2) is 28.7 Å². The summed E-state index contributed by atoms with van der Waals surface area (Å²) in [6, 6.07) is 7.88. The molecule has 0 saturated carbocycles. The van der Waals surface area contributed by atoms with E-state index in [-0.39, 0.29) is 0 Å². The zero-order chi connectivity index (χ0) is 13.2. The first-order valence-corrected chi connectivity index (χ1v) is 7.19. The third-order valence-corrected chi connectivity index (χ3v) is 2.98. The Labute approximate surface area is 118 Å². The molecule has 4 heteroatoms. The molecule has 0 heterocycles. The molecule has 0 amide bonds. The minimum absolute atomic E-state index is 0.323. The lowest BCUT2D eigenvalue weighted by Crippen LogP contribution is -2.23. The van der Waals surface area contributed by atoms with Crippen molar-refractivity contribution in [2.45, 2.75) is 26.4 Å². The van der Waals surface area contributed by atoms with Crippen molar-refractivity contribution in [3.05, 3.63) is 28.7 Å². The molecule has 0 spiro atoms. The van der Waals surface area contributed by atoms with E-state index in [1.165, 1.54) is 0 Å². The average Bonchev–Trinajstić information content (AvgIpc) is 2.34. The second-order valence-corrected chi connectivity index (χ2v) is 5.16. The molecule has 1 rings (SSSR count). The van der Waals surface area contributed by atoms with Crippen molar-refractivity contribution in [1.82, 2.24) is 5.32 Å². The van der Waals surface area contributed by atoms with Gasteiger partial charge in [0.15, 0.2) is 0 Å². The largest absolute Gasteiger partial charge is 0.491 e. The van der Waals surface area contributed by atoms with Crippen LogP contribution < -0.4 is 10.1 Å². The lowest BCUT2D eigenvalue weighted by Gasteiger charge is -2.10. The predicted molar refractivity (Wildman–Crippen MR) is 78.2 cm³/mol. The molecule has 0 bridgehead atoms. The molecule has 0 aliphatic rings. The van der Waals surface area contributed by atoms with Crippen LogP contribution in [-0.4, -0.2) is 32.4 Å². The van der Waals surface area contributed by atoms with Crippen molar-refractivity contribution in [3.8, 4) is 5.75 Å². The van der Waals surface area contributed by atoms with Crippen LogP contribution in [0.1, 0.15) is 20.3 Å². The van der Waals surface area contributed by atoms with Crippen molar-refractivity contribution >= 4 is 15.9 Å². The summed E-state index contributed by atoms with van der Waals surface area (Å²) in [4.78, 5) is 0. The second kappa shape index (κ2) is 9.36. The zero-order valence-corrected chi connectivity index (χ0v) is 12.7. The van der Waals surface area contributed by atoms with Gasteiger partial charge in [-0.25, -0.2) is 0 Å². The quantitative estimate of drug-likeness (QED) is 0.710. The fourth-order valence-electron chi connectivity index (χ4n) is 1.44. The topological polar surface area (TPSA) is 30.5 Å². The highest BCUT2D eigenvalue weighted by Crippen LogP contribution is 2.23. The van der Waals surface area contributed by atoms with Gasteiger partial charge in [0.1, 0.15) is 12.4 Å². The van der Waals surface area contributed by atoms with Crippen LogP contribution >= 0.6 is 15.9 Å². The number of hydrogen-bond donors (Lipinski definition) is 1. The molecule has 0 saturated heterocycles. The Morgan fingerprint density at radius 1 is 1.17 bits per heavy atom. The molecule has 0 unspecified atom stereocenters. The Balaban J connectivity index is 1.98. The van der Waals surface area contributed by atoms with Gasteiger partial charge in [0, 0.05) is 13.2 Å². The van der Waals surface area contributed by atoms with E-state index in [0.717, 1.165) is 36.3 Å². The lowest BCUT2D eigenvalue weighted by molar-refractivity contribution is 0.0770. The van der Waals surface area contributed by atoms with Gasteiger partial charge in [-0.05, 0) is 54.9 Å². The maximum atomic E-state index is 5.64. The fraction of sp³-hybridized carbons (Fsp3) is 0.571. The summed E-state index contributed by atoms with van der Waals surface area (Å²) in [6.45, 7) is 7.41. The minimum atomic E-state index is 0.323. The standard InChI is InChI=1S/C14H22BrNO2/c1-12(2)17-10-5-8-16-9-11-18-14-7-4-3-6-13(14)15/h3-4,6-7,12,16H,5,8-11H2,1-2H3. The maximum absolute atomic E-state index is 5.64. The molecular formula is C14H22BrNO2. The summed E-state index contributed by atoms with van der Waals surface area (Å²) >= 11 is 3.45. The Morgan fingerprint density at radius 2 is 1.94 bits per heavy atom. The number of nitrogens with one attached hydrogen (secondary N) is 1. The molecule has 0 aliphatic carbocycles. The Morgan fingerprint density at radius 3 is 2.67 bits per heavy atom. The Bertz CT molecular complexity index is 331. The highest BCUT2D eigenvalue weighted by molar-refractivity contribution is 9.10. The first-order chi connectivity index (χ1) is 8.70. The summed E-state index contributed by atoms with van der Waals surface area (Å²) in [5, 5.41) is 3.33. The number of halogens is 1. The fourth-order valence-corrected chi connectivity index (χ4v) is 1.84. The Hall–Kier alpha value is -0.580. The van der Waals surface area contributed by atoms with Crippen LogP contribution in [-0.2, 0) is 4.74 Å². The molecule has 1 N–H and O–H groups in total. The highest BCUT2D eigenvalue weighted by atomic mass is 79.9. The summed E-state index contributed by atoms with van der Waals surface area (Å²) in [5.41, 5.74) is 0. The molecule has 102 valence electrons. The van der Waals surface area contributed by atoms with E-state index >= 15 is 0 Å². The third kappa shape index (κ3) is 6.99. The van der Waals surface area contributed by atoms with Crippen LogP contribution in [0.4, 0.5) is 0 Å². The van der Waals surface area contributed by atoms with E-state index in [0.29, 0.717) is 12.7 Å². The number of hydrogen-bond acceptors (Lipinski definition) is 3. The molecule has 3 nitrogen and oxygen atoms in total. The van der Waals surface area contributed by atoms with Crippen LogP contribution in [0.25, 0.3) is 0 Å². The first-order valence-electron chi connectivity index (χ1n) is 6.40. The summed E-state index contributed by atoms with van der Waals surface area (Å²) in [5.74, 6) is 0.891. The SMILES string of the molecule is CC(C)OCCCNCCOc1ccccc1Br. The molecule has 0 aliphatic heterocycles. The molecule has 0 atom stereocenters. The summed E-state index contributed by atoms with van der Waals surface area (Å²) in [7, 11) is 0. The molecule has 0 fully saturated rings. The molecule has 18 heavy (non-hydrogen) atoms. The van der Waals surface area contributed by atoms with Crippen molar-refractivity contribution in [3.63, 3.8) is 0 Å². The first kappa shape index (κ1) is 15.5. The molecule has 1 aromatic carbocycles. The zero-order valence-electron chi connectivity index (χ0n) is 11.1. The van der Waals surface area contributed by atoms with Gasteiger partial charge in [-0.2, -0.15) is 0 Å². The highest BCUT2D eigenvalue weighted by Gasteiger charge is 1.98. The van der Waals surface area contributed by atoms with Crippen molar-refractivity contribution in [2.24, 2.45) is 0 Å². The molecule has 0 radical (unpaired) electrons. The average molecular weight is 316 g/mol. The molecular weight excluding hydrogens is 294 g/mol. The van der Waals surface area contributed by atoms with Gasteiger partial charge >= 0.3 is 0 Å². The van der Waals surface area contributed by atoms with Crippen molar-refractivity contribution in [1.29, 1.82) is 0 Å². The lowest BCUT2D eigenvalue weighted by atomic mass is 10.3. The monoisotopic (exact) mass is 315 g/mol.